The molecule has 0 spiro atoms. The van der Waals surface area contributed by atoms with Gasteiger partial charge in [0.15, 0.2) is 0 Å². The second-order valence-corrected chi connectivity index (χ2v) is 8.13. The lowest BCUT2D eigenvalue weighted by atomic mass is 9.86. The minimum Gasteiger partial charge on any atom is -0.363 e. The van der Waals surface area contributed by atoms with Crippen LogP contribution in [0, 0.1) is 5.92 Å². The molecule has 144 valence electrons. The minimum atomic E-state index is -0.00884. The molecule has 1 aliphatic carbocycles. The Kier molecular flexibility index (Phi) is 6.66. The molecule has 1 fully saturated rings. The smallest absolute Gasteiger partial charge is 0.251 e. The van der Waals surface area contributed by atoms with E-state index in [2.05, 4.69) is 36.5 Å². The Hall–Kier alpha value is -2.15. The number of aromatic nitrogens is 2. The molecule has 1 aliphatic rings. The van der Waals surface area contributed by atoms with Crippen LogP contribution in [-0.4, -0.2) is 42.6 Å². The van der Waals surface area contributed by atoms with Crippen LogP contribution in [0.25, 0.3) is 0 Å². The molecule has 7 heteroatoms. The summed E-state index contributed by atoms with van der Waals surface area (Å²) < 4.78 is 0.919. The third-order valence-electron chi connectivity index (χ3n) is 4.92. The van der Waals surface area contributed by atoms with E-state index in [-0.39, 0.29) is 5.91 Å². The zero-order valence-corrected chi connectivity index (χ0v) is 17.4. The molecule has 3 rings (SSSR count). The molecule has 0 saturated heterocycles. The summed E-state index contributed by atoms with van der Waals surface area (Å²) in [6.45, 7) is 0.727. The summed E-state index contributed by atoms with van der Waals surface area (Å²) in [5.41, 5.74) is 0.692. The third kappa shape index (κ3) is 5.66. The van der Waals surface area contributed by atoms with E-state index < -0.39 is 0 Å². The van der Waals surface area contributed by atoms with Crippen LogP contribution in [-0.2, 0) is 0 Å². The lowest BCUT2D eigenvalue weighted by Crippen LogP contribution is -2.34. The molecule has 2 N–H and O–H groups in total. The number of carbonyl (C=O) groups excluding carboxylic acids is 1. The van der Waals surface area contributed by atoms with E-state index in [4.69, 9.17) is 0 Å². The summed E-state index contributed by atoms with van der Waals surface area (Å²) in [5.74, 6) is 2.10. The Labute approximate surface area is 168 Å². The molecule has 1 aromatic carbocycles. The maximum absolute atomic E-state index is 12.3. The fourth-order valence-electron chi connectivity index (χ4n) is 3.33. The van der Waals surface area contributed by atoms with E-state index >= 15 is 0 Å². The van der Waals surface area contributed by atoms with Crippen LogP contribution in [0.1, 0.15) is 36.0 Å². The normalized spacial score (nSPS) is 19.4. The number of nitrogens with one attached hydrogen (secondary N) is 2. The third-order valence-corrected chi connectivity index (χ3v) is 5.41. The Morgan fingerprint density at radius 1 is 1.22 bits per heavy atom. The Bertz CT molecular complexity index is 774. The van der Waals surface area contributed by atoms with E-state index in [0.717, 1.165) is 42.5 Å². The van der Waals surface area contributed by atoms with Gasteiger partial charge in [0.05, 0.1) is 0 Å². The van der Waals surface area contributed by atoms with Crippen molar-refractivity contribution in [3.63, 3.8) is 0 Å². The fourth-order valence-corrected chi connectivity index (χ4v) is 3.73. The van der Waals surface area contributed by atoms with Crippen molar-refractivity contribution in [3.05, 3.63) is 46.6 Å². The van der Waals surface area contributed by atoms with Crippen molar-refractivity contribution in [2.45, 2.75) is 31.7 Å². The van der Waals surface area contributed by atoms with E-state index in [1.165, 1.54) is 0 Å². The van der Waals surface area contributed by atoms with Gasteiger partial charge in [0, 0.05) is 42.9 Å². The molecule has 1 heterocycles. The number of anilines is 2. The lowest BCUT2D eigenvalue weighted by Gasteiger charge is -2.29. The summed E-state index contributed by atoms with van der Waals surface area (Å²) in [6.07, 6.45) is 6.08. The van der Waals surface area contributed by atoms with Gasteiger partial charge in [0.25, 0.3) is 5.91 Å². The van der Waals surface area contributed by atoms with Crippen molar-refractivity contribution in [1.29, 1.82) is 0 Å². The van der Waals surface area contributed by atoms with Crippen molar-refractivity contribution in [2.75, 3.05) is 30.9 Å². The molecule has 0 bridgehead atoms. The Morgan fingerprint density at radius 3 is 2.70 bits per heavy atom. The molecule has 0 radical (unpaired) electrons. The minimum absolute atomic E-state index is 0.00884. The summed E-state index contributed by atoms with van der Waals surface area (Å²) in [6, 6.07) is 9.77. The highest BCUT2D eigenvalue weighted by molar-refractivity contribution is 9.10. The van der Waals surface area contributed by atoms with Gasteiger partial charge in [-0.1, -0.05) is 22.0 Å². The van der Waals surface area contributed by atoms with Crippen LogP contribution >= 0.6 is 15.9 Å². The van der Waals surface area contributed by atoms with Gasteiger partial charge in [-0.2, -0.15) is 4.98 Å². The van der Waals surface area contributed by atoms with E-state index in [1.54, 1.807) is 6.20 Å². The zero-order valence-electron chi connectivity index (χ0n) is 15.8. The van der Waals surface area contributed by atoms with Gasteiger partial charge >= 0.3 is 0 Å². The van der Waals surface area contributed by atoms with Gasteiger partial charge < -0.3 is 15.5 Å². The van der Waals surface area contributed by atoms with Crippen molar-refractivity contribution in [1.82, 2.24) is 15.3 Å². The Balaban J connectivity index is 1.44. The monoisotopic (exact) mass is 431 g/mol. The van der Waals surface area contributed by atoms with Crippen molar-refractivity contribution in [3.8, 4) is 0 Å². The van der Waals surface area contributed by atoms with Crippen LogP contribution < -0.4 is 15.5 Å². The number of benzene rings is 1. The lowest BCUT2D eigenvalue weighted by molar-refractivity contribution is 0.0943. The second kappa shape index (κ2) is 9.17. The molecular formula is C20H26BrN5O. The van der Waals surface area contributed by atoms with Gasteiger partial charge in [-0.15, -0.1) is 0 Å². The highest BCUT2D eigenvalue weighted by Crippen LogP contribution is 2.26. The first-order chi connectivity index (χ1) is 13.0. The number of halogens is 1. The first-order valence-corrected chi connectivity index (χ1v) is 10.1. The van der Waals surface area contributed by atoms with Gasteiger partial charge in [-0.25, -0.2) is 4.98 Å². The Morgan fingerprint density at radius 2 is 2.00 bits per heavy atom. The topological polar surface area (TPSA) is 70.2 Å². The van der Waals surface area contributed by atoms with E-state index in [0.29, 0.717) is 23.5 Å². The first-order valence-electron chi connectivity index (χ1n) is 9.32. The van der Waals surface area contributed by atoms with Crippen LogP contribution in [0.2, 0.25) is 0 Å². The largest absolute Gasteiger partial charge is 0.363 e. The number of amides is 1. The number of hydrogen-bond acceptors (Lipinski definition) is 5. The molecule has 6 nitrogen and oxygen atoms in total. The molecule has 2 aromatic rings. The molecule has 0 aliphatic heterocycles. The van der Waals surface area contributed by atoms with Crippen LogP contribution in [0.5, 0.6) is 0 Å². The first kappa shape index (κ1) is 19.6. The van der Waals surface area contributed by atoms with Gasteiger partial charge in [-0.3, -0.25) is 4.79 Å². The van der Waals surface area contributed by atoms with Crippen molar-refractivity contribution in [2.24, 2.45) is 5.92 Å². The average molecular weight is 432 g/mol. The standard InChI is InChI=1S/C20H26BrN5O/c1-26(2)18-10-11-22-20(25-18)24-17-8-6-14(7-9-17)13-23-19(27)15-4-3-5-16(21)12-15/h3-5,10-12,14,17H,6-9,13H2,1-2H3,(H,23,27)(H,22,24,25)/t14-,17+. The molecular weight excluding hydrogens is 406 g/mol. The van der Waals surface area contributed by atoms with Gasteiger partial charge in [-0.05, 0) is 55.9 Å². The summed E-state index contributed by atoms with van der Waals surface area (Å²) in [7, 11) is 3.94. The quantitative estimate of drug-likeness (QED) is 0.729. The number of nitrogens with zero attached hydrogens (tertiary/aromatic N) is 3. The van der Waals surface area contributed by atoms with E-state index in [1.807, 2.05) is 49.3 Å². The second-order valence-electron chi connectivity index (χ2n) is 7.22. The summed E-state index contributed by atoms with van der Waals surface area (Å²) in [5, 5.41) is 6.52. The van der Waals surface area contributed by atoms with E-state index in [9.17, 15) is 4.79 Å². The average Bonchev–Trinajstić information content (AvgIpc) is 2.67. The number of carbonyl (C=O) groups is 1. The summed E-state index contributed by atoms with van der Waals surface area (Å²) >= 11 is 3.40. The molecule has 0 atom stereocenters. The summed E-state index contributed by atoms with van der Waals surface area (Å²) in [4.78, 5) is 23.1. The number of hydrogen-bond donors (Lipinski definition) is 2. The molecule has 0 unspecified atom stereocenters. The highest BCUT2D eigenvalue weighted by Gasteiger charge is 2.22. The molecule has 1 saturated carbocycles. The molecule has 1 amide bonds. The molecule has 1 aromatic heterocycles. The van der Waals surface area contributed by atoms with Gasteiger partial charge in [0.2, 0.25) is 5.95 Å². The predicted molar refractivity (Wildman–Crippen MR) is 112 cm³/mol. The fraction of sp³-hybridized carbons (Fsp3) is 0.450. The molecule has 27 heavy (non-hydrogen) atoms. The highest BCUT2D eigenvalue weighted by atomic mass is 79.9. The van der Waals surface area contributed by atoms with Crippen LogP contribution in [0.15, 0.2) is 41.0 Å². The maximum atomic E-state index is 12.3. The maximum Gasteiger partial charge on any atom is 0.251 e. The van der Waals surface area contributed by atoms with Crippen molar-refractivity contribution >= 4 is 33.6 Å². The van der Waals surface area contributed by atoms with Gasteiger partial charge in [0.1, 0.15) is 5.82 Å². The zero-order chi connectivity index (χ0) is 19.2. The number of rotatable bonds is 6. The van der Waals surface area contributed by atoms with Crippen LogP contribution in [0.3, 0.4) is 0 Å². The van der Waals surface area contributed by atoms with Crippen LogP contribution in [0.4, 0.5) is 11.8 Å². The van der Waals surface area contributed by atoms with Crippen molar-refractivity contribution < 1.29 is 4.79 Å². The predicted octanol–water partition coefficient (Wildman–Crippen LogP) is 3.71. The SMILES string of the molecule is CN(C)c1ccnc(N[C@H]2CC[C@@H](CNC(=O)c3cccc(Br)c3)CC2)n1.